The zero-order valence-electron chi connectivity index (χ0n) is 13.5. The van der Waals surface area contributed by atoms with Gasteiger partial charge in [0.2, 0.25) is 0 Å². The fourth-order valence-electron chi connectivity index (χ4n) is 2.97. The van der Waals surface area contributed by atoms with Crippen molar-refractivity contribution in [2.45, 2.75) is 18.8 Å². The number of imide groups is 3. The Bertz CT molecular complexity index is 862. The third kappa shape index (κ3) is 2.52. The maximum Gasteiger partial charge on any atom is 0.356 e. The third-order valence-corrected chi connectivity index (χ3v) is 4.34. The van der Waals surface area contributed by atoms with Gasteiger partial charge in [-0.25, -0.2) is 9.79 Å². The molecule has 0 radical (unpaired) electrons. The van der Waals surface area contributed by atoms with Crippen LogP contribution in [0.3, 0.4) is 0 Å². The average molecular weight is 335 g/mol. The van der Waals surface area contributed by atoms with Crippen LogP contribution in [-0.4, -0.2) is 28.6 Å². The van der Waals surface area contributed by atoms with Crippen LogP contribution >= 0.6 is 0 Å². The van der Waals surface area contributed by atoms with E-state index in [9.17, 15) is 19.5 Å². The molecule has 0 saturated heterocycles. The molecule has 0 N–H and O–H groups in total. The second-order valence-electron chi connectivity index (χ2n) is 5.64. The Morgan fingerprint density at radius 3 is 2.16 bits per heavy atom. The number of amides is 4. The number of hydrogen-bond donors (Lipinski definition) is 0. The summed E-state index contributed by atoms with van der Waals surface area (Å²) in [4.78, 5) is 41.9. The van der Waals surface area contributed by atoms with E-state index < -0.39 is 29.2 Å². The maximum absolute atomic E-state index is 13.1. The quantitative estimate of drug-likeness (QED) is 0.801. The Morgan fingerprint density at radius 2 is 1.60 bits per heavy atom. The van der Waals surface area contributed by atoms with Crippen LogP contribution < -0.4 is 5.11 Å². The van der Waals surface area contributed by atoms with Gasteiger partial charge in [0.1, 0.15) is 5.41 Å². The highest BCUT2D eigenvalue weighted by molar-refractivity contribution is 6.28. The molecule has 2 aromatic carbocycles. The Labute approximate surface area is 144 Å². The molecule has 6 heteroatoms. The second kappa shape index (κ2) is 6.32. The molecule has 6 nitrogen and oxygen atoms in total. The van der Waals surface area contributed by atoms with Crippen LogP contribution in [0.5, 0.6) is 0 Å². The zero-order valence-corrected chi connectivity index (χ0v) is 13.5. The van der Waals surface area contributed by atoms with Gasteiger partial charge in [-0.15, -0.1) is 0 Å². The summed E-state index contributed by atoms with van der Waals surface area (Å²) in [7, 11) is 0. The van der Waals surface area contributed by atoms with Crippen molar-refractivity contribution in [3.8, 4) is 0 Å². The van der Waals surface area contributed by atoms with E-state index in [4.69, 9.17) is 0 Å². The van der Waals surface area contributed by atoms with Crippen LogP contribution in [0.25, 0.3) is 0 Å². The second-order valence-corrected chi connectivity index (χ2v) is 5.64. The van der Waals surface area contributed by atoms with Gasteiger partial charge in [0.15, 0.2) is 0 Å². The Hall–Kier alpha value is -3.28. The van der Waals surface area contributed by atoms with Crippen LogP contribution in [0.2, 0.25) is 0 Å². The van der Waals surface area contributed by atoms with Gasteiger partial charge in [0, 0.05) is 5.56 Å². The normalized spacial score (nSPS) is 20.4. The summed E-state index contributed by atoms with van der Waals surface area (Å²) in [5.74, 6) is -2.49. The highest BCUT2D eigenvalue weighted by Crippen LogP contribution is 2.34. The van der Waals surface area contributed by atoms with E-state index in [0.717, 1.165) is 0 Å². The molecule has 0 fully saturated rings. The molecule has 2 aromatic rings. The van der Waals surface area contributed by atoms with E-state index in [-0.39, 0.29) is 12.0 Å². The van der Waals surface area contributed by atoms with E-state index in [1.165, 1.54) is 12.1 Å². The molecule has 4 amide bonds. The highest BCUT2D eigenvalue weighted by atomic mass is 16.3. The van der Waals surface area contributed by atoms with Gasteiger partial charge in [-0.1, -0.05) is 55.5 Å². The molecule has 1 aliphatic rings. The lowest BCUT2D eigenvalue weighted by Crippen LogP contribution is -2.61. The number of hydrogen-bond acceptors (Lipinski definition) is 4. The molecule has 0 spiro atoms. The summed E-state index contributed by atoms with van der Waals surface area (Å²) in [6, 6.07) is 15.2. The Kier molecular flexibility index (Phi) is 4.19. The summed E-state index contributed by atoms with van der Waals surface area (Å²) >= 11 is 0. The maximum atomic E-state index is 13.1. The van der Waals surface area contributed by atoms with E-state index in [1.54, 1.807) is 55.5 Å². The molecule has 0 unspecified atom stereocenters. The van der Waals surface area contributed by atoms with Gasteiger partial charge in [0.05, 0.1) is 0 Å². The van der Waals surface area contributed by atoms with Gasteiger partial charge < -0.3 is 5.11 Å². The fourth-order valence-corrected chi connectivity index (χ4v) is 2.97. The first-order valence-electron chi connectivity index (χ1n) is 7.82. The van der Waals surface area contributed by atoms with Gasteiger partial charge in [-0.2, -0.15) is 4.90 Å². The van der Waals surface area contributed by atoms with Crippen molar-refractivity contribution in [2.75, 3.05) is 0 Å². The van der Waals surface area contributed by atoms with Crippen LogP contribution in [0.15, 0.2) is 65.7 Å². The molecular weight excluding hydrogens is 320 g/mol. The smallest absolute Gasteiger partial charge is 0.356 e. The predicted molar refractivity (Wildman–Crippen MR) is 88.9 cm³/mol. The summed E-state index contributed by atoms with van der Waals surface area (Å²) < 4.78 is 0. The summed E-state index contributed by atoms with van der Waals surface area (Å²) in [6.07, 6.45) is 0.0873. The first-order chi connectivity index (χ1) is 12.0. The summed E-state index contributed by atoms with van der Waals surface area (Å²) in [5, 5.41) is 12.5. The topological polar surface area (TPSA) is 89.9 Å². The van der Waals surface area contributed by atoms with Crippen LogP contribution in [-0.2, 0) is 10.2 Å². The van der Waals surface area contributed by atoms with Gasteiger partial charge in [0.25, 0.3) is 11.8 Å². The molecule has 0 aliphatic carbocycles. The number of urea groups is 1. The first-order valence-corrected chi connectivity index (χ1v) is 7.82. The lowest BCUT2D eigenvalue weighted by atomic mass is 9.75. The first kappa shape index (κ1) is 16.6. The van der Waals surface area contributed by atoms with Crippen molar-refractivity contribution in [1.82, 2.24) is 4.90 Å². The number of aliphatic imine (C=N–C) groups is 1. The molecule has 126 valence electrons. The molecular formula is C19H15N2O4-. The Balaban J connectivity index is 2.14. The molecule has 0 bridgehead atoms. The minimum absolute atomic E-state index is 0.0873. The molecule has 3 rings (SSSR count). The van der Waals surface area contributed by atoms with Crippen LogP contribution in [0.4, 0.5) is 4.79 Å². The average Bonchev–Trinajstić information content (AvgIpc) is 2.64. The fraction of sp³-hybridized carbons (Fsp3) is 0.158. The van der Waals surface area contributed by atoms with E-state index >= 15 is 0 Å². The number of benzene rings is 2. The predicted octanol–water partition coefficient (Wildman–Crippen LogP) is 1.90. The third-order valence-electron chi connectivity index (χ3n) is 4.34. The zero-order chi connectivity index (χ0) is 18.0. The van der Waals surface area contributed by atoms with Crippen LogP contribution in [0, 0.1) is 0 Å². The van der Waals surface area contributed by atoms with Gasteiger partial charge in [-0.3, -0.25) is 9.59 Å². The van der Waals surface area contributed by atoms with Crippen LogP contribution in [0.1, 0.15) is 29.3 Å². The van der Waals surface area contributed by atoms with Crippen molar-refractivity contribution in [1.29, 1.82) is 0 Å². The van der Waals surface area contributed by atoms with E-state index in [1.807, 2.05) is 0 Å². The Morgan fingerprint density at radius 1 is 1.04 bits per heavy atom. The van der Waals surface area contributed by atoms with Crippen molar-refractivity contribution in [3.63, 3.8) is 0 Å². The summed E-state index contributed by atoms with van der Waals surface area (Å²) in [6.45, 7) is 1.65. The standard InChI is InChI=1S/C19H16N2O4/c1-2-19(14-11-7-4-8-12-14)16(23)20-18(25)21(17(19)24)15(22)13-9-5-3-6-10-13/h3-12H,2H2,1H3,(H,20,23,25)/p-1/t19-/m1/s1. The van der Waals surface area contributed by atoms with Gasteiger partial charge >= 0.3 is 6.03 Å². The largest absolute Gasteiger partial charge is 0.861 e. The minimum atomic E-state index is -1.67. The molecule has 25 heavy (non-hydrogen) atoms. The highest BCUT2D eigenvalue weighted by Gasteiger charge is 2.49. The van der Waals surface area contributed by atoms with Crippen molar-refractivity contribution >= 4 is 23.7 Å². The lowest BCUT2D eigenvalue weighted by molar-refractivity contribution is -0.227. The molecule has 1 atom stereocenters. The van der Waals surface area contributed by atoms with E-state index in [0.29, 0.717) is 10.5 Å². The van der Waals surface area contributed by atoms with Gasteiger partial charge in [-0.05, 0) is 30.0 Å². The minimum Gasteiger partial charge on any atom is -0.861 e. The van der Waals surface area contributed by atoms with Crippen molar-refractivity contribution in [3.05, 3.63) is 71.8 Å². The monoisotopic (exact) mass is 335 g/mol. The molecule has 0 saturated carbocycles. The lowest BCUT2D eigenvalue weighted by Gasteiger charge is -2.41. The summed E-state index contributed by atoms with van der Waals surface area (Å²) in [5.41, 5.74) is -1.08. The SMILES string of the molecule is CC[C@]1(c2ccccc2)C(=O)N(C(=O)c2ccccc2)C(=O)N=C1[O-]. The number of rotatable bonds is 3. The van der Waals surface area contributed by atoms with E-state index in [2.05, 4.69) is 4.99 Å². The molecule has 1 aliphatic heterocycles. The molecule has 0 aromatic heterocycles. The number of carbonyl (C=O) groups excluding carboxylic acids is 3. The number of nitrogens with zero attached hydrogens (tertiary/aromatic N) is 2. The molecule has 1 heterocycles. The van der Waals surface area contributed by atoms with Crippen molar-refractivity contribution < 1.29 is 19.5 Å². The number of carbonyl (C=O) groups is 3. The van der Waals surface area contributed by atoms with Crippen molar-refractivity contribution in [2.24, 2.45) is 4.99 Å².